The average molecular weight is 420 g/mol. The number of nitrogens with zero attached hydrogens (tertiary/aromatic N) is 1. The Kier molecular flexibility index (Phi) is 5.86. The number of carbonyl (C=O) groups excluding carboxylic acids is 2. The van der Waals surface area contributed by atoms with Crippen LogP contribution in [0.1, 0.15) is 23.1 Å². The van der Waals surface area contributed by atoms with Crippen LogP contribution in [0, 0.1) is 12.8 Å². The summed E-state index contributed by atoms with van der Waals surface area (Å²) in [5.41, 5.74) is 4.01. The zero-order chi connectivity index (χ0) is 21.1. The zero-order valence-corrected chi connectivity index (χ0v) is 17.4. The van der Waals surface area contributed by atoms with E-state index in [4.69, 9.17) is 16.3 Å². The molecule has 0 spiro atoms. The monoisotopic (exact) mass is 419 g/mol. The summed E-state index contributed by atoms with van der Waals surface area (Å²) >= 11 is 6.18. The Bertz CT molecular complexity index is 1060. The van der Waals surface area contributed by atoms with Crippen molar-refractivity contribution >= 4 is 29.2 Å². The molecular formula is C25H22ClNO3. The number of anilines is 1. The molecule has 1 saturated heterocycles. The van der Waals surface area contributed by atoms with Gasteiger partial charge >= 0.3 is 5.97 Å². The van der Waals surface area contributed by atoms with Crippen molar-refractivity contribution in [1.82, 2.24) is 0 Å². The van der Waals surface area contributed by atoms with Crippen molar-refractivity contribution < 1.29 is 14.3 Å². The smallest absolute Gasteiger partial charge is 0.316 e. The number of aryl methyl sites for hydroxylation is 1. The Morgan fingerprint density at radius 1 is 1.03 bits per heavy atom. The van der Waals surface area contributed by atoms with Crippen molar-refractivity contribution in [1.29, 1.82) is 0 Å². The van der Waals surface area contributed by atoms with Gasteiger partial charge in [0, 0.05) is 23.7 Å². The molecule has 1 atom stereocenters. The van der Waals surface area contributed by atoms with Crippen LogP contribution >= 0.6 is 11.6 Å². The zero-order valence-electron chi connectivity index (χ0n) is 16.7. The lowest BCUT2D eigenvalue weighted by molar-refractivity contribution is -0.139. The van der Waals surface area contributed by atoms with Crippen LogP contribution in [0.2, 0.25) is 5.02 Å². The summed E-state index contributed by atoms with van der Waals surface area (Å²) in [6.45, 7) is 2.20. The van der Waals surface area contributed by atoms with Crippen LogP contribution in [0.5, 0.6) is 5.75 Å². The molecule has 0 radical (unpaired) electrons. The lowest BCUT2D eigenvalue weighted by atomic mass is 10.1. The highest BCUT2D eigenvalue weighted by Crippen LogP contribution is 2.29. The van der Waals surface area contributed by atoms with Crippen LogP contribution < -0.4 is 9.64 Å². The molecule has 1 fully saturated rings. The average Bonchev–Trinajstić information content (AvgIpc) is 3.14. The first-order valence-corrected chi connectivity index (χ1v) is 10.3. The van der Waals surface area contributed by atoms with Gasteiger partial charge in [-0.15, -0.1) is 0 Å². The minimum absolute atomic E-state index is 0.102. The number of carbonyl (C=O) groups is 2. The summed E-state index contributed by atoms with van der Waals surface area (Å²) < 4.78 is 5.54. The van der Waals surface area contributed by atoms with Crippen molar-refractivity contribution in [2.75, 3.05) is 11.4 Å². The van der Waals surface area contributed by atoms with Crippen LogP contribution in [0.25, 0.3) is 0 Å². The SMILES string of the molecule is Cc1ccc(N2C[C@H](C(=O)Oc3ccc(Cc4ccccc4)cc3)CC2=O)cc1Cl. The molecule has 0 bridgehead atoms. The van der Waals surface area contributed by atoms with E-state index in [9.17, 15) is 9.59 Å². The van der Waals surface area contributed by atoms with Gasteiger partial charge in [0.1, 0.15) is 5.75 Å². The third kappa shape index (κ3) is 4.55. The maximum atomic E-state index is 12.6. The first kappa shape index (κ1) is 20.2. The van der Waals surface area contributed by atoms with E-state index in [1.807, 2.05) is 49.4 Å². The Morgan fingerprint density at radius 3 is 2.43 bits per heavy atom. The van der Waals surface area contributed by atoms with E-state index in [0.29, 0.717) is 23.0 Å². The van der Waals surface area contributed by atoms with E-state index in [1.54, 1.807) is 23.1 Å². The second-order valence-electron chi connectivity index (χ2n) is 7.57. The molecule has 0 unspecified atom stereocenters. The summed E-state index contributed by atoms with van der Waals surface area (Å²) in [6.07, 6.45) is 0.955. The molecule has 0 aromatic heterocycles. The molecule has 1 amide bonds. The number of hydrogen-bond donors (Lipinski definition) is 0. The van der Waals surface area contributed by atoms with Crippen molar-refractivity contribution in [3.8, 4) is 5.75 Å². The minimum atomic E-state index is -0.499. The van der Waals surface area contributed by atoms with E-state index in [0.717, 1.165) is 17.5 Å². The molecule has 1 aliphatic heterocycles. The number of benzene rings is 3. The van der Waals surface area contributed by atoms with Crippen molar-refractivity contribution in [2.45, 2.75) is 19.8 Å². The molecule has 0 aliphatic carbocycles. The third-order valence-corrected chi connectivity index (χ3v) is 5.73. The maximum absolute atomic E-state index is 12.6. The van der Waals surface area contributed by atoms with Gasteiger partial charge < -0.3 is 9.64 Å². The summed E-state index contributed by atoms with van der Waals surface area (Å²) in [6, 6.07) is 23.2. The normalized spacial score (nSPS) is 16.0. The van der Waals surface area contributed by atoms with Gasteiger partial charge in [-0.2, -0.15) is 0 Å². The van der Waals surface area contributed by atoms with E-state index in [1.165, 1.54) is 5.56 Å². The molecule has 152 valence electrons. The number of hydrogen-bond acceptors (Lipinski definition) is 3. The van der Waals surface area contributed by atoms with Gasteiger partial charge in [-0.05, 0) is 54.3 Å². The highest BCUT2D eigenvalue weighted by Gasteiger charge is 2.36. The first-order valence-electron chi connectivity index (χ1n) is 9.90. The summed E-state index contributed by atoms with van der Waals surface area (Å²) in [5.74, 6) is -0.502. The molecule has 5 heteroatoms. The van der Waals surface area contributed by atoms with Crippen LogP contribution in [0.3, 0.4) is 0 Å². The Hall–Kier alpha value is -3.11. The number of halogens is 1. The van der Waals surface area contributed by atoms with Crippen LogP contribution in [0.15, 0.2) is 72.8 Å². The van der Waals surface area contributed by atoms with Gasteiger partial charge in [0.25, 0.3) is 0 Å². The highest BCUT2D eigenvalue weighted by molar-refractivity contribution is 6.31. The third-order valence-electron chi connectivity index (χ3n) is 5.32. The molecule has 30 heavy (non-hydrogen) atoms. The molecule has 4 rings (SSSR count). The minimum Gasteiger partial charge on any atom is -0.426 e. The Balaban J connectivity index is 1.38. The van der Waals surface area contributed by atoms with E-state index in [-0.39, 0.29) is 18.3 Å². The van der Waals surface area contributed by atoms with Gasteiger partial charge in [-0.1, -0.05) is 60.1 Å². The van der Waals surface area contributed by atoms with Crippen LogP contribution in [-0.4, -0.2) is 18.4 Å². The van der Waals surface area contributed by atoms with E-state index in [2.05, 4.69) is 12.1 Å². The highest BCUT2D eigenvalue weighted by atomic mass is 35.5. The van der Waals surface area contributed by atoms with Crippen molar-refractivity contribution in [3.63, 3.8) is 0 Å². The first-order chi connectivity index (χ1) is 14.5. The van der Waals surface area contributed by atoms with Crippen molar-refractivity contribution in [2.24, 2.45) is 5.92 Å². The summed E-state index contributed by atoms with van der Waals surface area (Å²) in [7, 11) is 0. The molecule has 3 aromatic carbocycles. The van der Waals surface area contributed by atoms with Gasteiger partial charge in [-0.25, -0.2) is 0 Å². The fourth-order valence-corrected chi connectivity index (χ4v) is 3.75. The standard InChI is InChI=1S/C25H22ClNO3/c1-17-7-10-21(15-23(17)26)27-16-20(14-24(27)28)25(29)30-22-11-8-19(9-12-22)13-18-5-3-2-4-6-18/h2-12,15,20H,13-14,16H2,1H3/t20-/m1/s1. The molecule has 1 aliphatic rings. The largest absolute Gasteiger partial charge is 0.426 e. The summed E-state index contributed by atoms with van der Waals surface area (Å²) in [4.78, 5) is 26.6. The van der Waals surface area contributed by atoms with Gasteiger partial charge in [-0.3, -0.25) is 9.59 Å². The molecule has 0 N–H and O–H groups in total. The second kappa shape index (κ2) is 8.72. The Labute approximate surface area is 181 Å². The number of amides is 1. The quantitative estimate of drug-likeness (QED) is 0.422. The fourth-order valence-electron chi connectivity index (χ4n) is 3.57. The number of esters is 1. The van der Waals surface area contributed by atoms with E-state index >= 15 is 0 Å². The van der Waals surface area contributed by atoms with Gasteiger partial charge in [0.2, 0.25) is 5.91 Å². The van der Waals surface area contributed by atoms with Gasteiger partial charge in [0.05, 0.1) is 5.92 Å². The van der Waals surface area contributed by atoms with Gasteiger partial charge in [0.15, 0.2) is 0 Å². The number of rotatable bonds is 5. The molecular weight excluding hydrogens is 398 g/mol. The second-order valence-corrected chi connectivity index (χ2v) is 7.97. The molecule has 4 nitrogen and oxygen atoms in total. The van der Waals surface area contributed by atoms with E-state index < -0.39 is 5.92 Å². The molecule has 1 heterocycles. The van der Waals surface area contributed by atoms with Crippen LogP contribution in [0.4, 0.5) is 5.69 Å². The molecule has 0 saturated carbocycles. The predicted molar refractivity (Wildman–Crippen MR) is 118 cm³/mol. The number of ether oxygens (including phenoxy) is 1. The lowest BCUT2D eigenvalue weighted by Crippen LogP contribution is -2.27. The van der Waals surface area contributed by atoms with Crippen LogP contribution in [-0.2, 0) is 16.0 Å². The lowest BCUT2D eigenvalue weighted by Gasteiger charge is -2.17. The summed E-state index contributed by atoms with van der Waals surface area (Å²) in [5, 5.41) is 0.599. The Morgan fingerprint density at radius 2 is 1.73 bits per heavy atom. The predicted octanol–water partition coefficient (Wildman–Crippen LogP) is 5.20. The fraction of sp³-hybridized carbons (Fsp3) is 0.200. The van der Waals surface area contributed by atoms with Crippen molar-refractivity contribution in [3.05, 3.63) is 94.5 Å². The molecule has 3 aromatic rings. The topological polar surface area (TPSA) is 46.6 Å². The maximum Gasteiger partial charge on any atom is 0.316 e.